The minimum atomic E-state index is -0.835. The smallest absolute Gasteiger partial charge is 0.295 e. The van der Waals surface area contributed by atoms with Crippen molar-refractivity contribution in [1.82, 2.24) is 10.1 Å². The van der Waals surface area contributed by atoms with Gasteiger partial charge in [-0.3, -0.25) is 10.1 Å². The highest BCUT2D eigenvalue weighted by Gasteiger charge is 2.17. The second-order valence-electron chi connectivity index (χ2n) is 3.95. The van der Waals surface area contributed by atoms with E-state index in [9.17, 15) is 14.5 Å². The Bertz CT molecular complexity index is 647. The van der Waals surface area contributed by atoms with Gasteiger partial charge in [0.05, 0.1) is 16.0 Å². The Balaban J connectivity index is 2.08. The Kier molecular flexibility index (Phi) is 4.14. The van der Waals surface area contributed by atoms with Crippen molar-refractivity contribution >= 4 is 23.0 Å². The summed E-state index contributed by atoms with van der Waals surface area (Å²) in [6, 6.07) is 1.96. The fourth-order valence-corrected chi connectivity index (χ4v) is 1.74. The number of nitro benzene ring substituents is 1. The molecule has 1 aromatic heterocycles. The first kappa shape index (κ1) is 14.2. The first-order valence-corrected chi connectivity index (χ1v) is 6.01. The van der Waals surface area contributed by atoms with Crippen LogP contribution in [0, 0.1) is 22.9 Å². The summed E-state index contributed by atoms with van der Waals surface area (Å²) in [5.74, 6) is 0.0828. The molecule has 0 aliphatic rings. The standard InChI is InChI=1S/C11H10ClFN4O3/c1-6-15-11(16-20-6)2-3-14-9-4-7(12)8(13)5-10(9)17(18)19/h4-5,14H,2-3H2,1H3. The van der Waals surface area contributed by atoms with Gasteiger partial charge >= 0.3 is 0 Å². The van der Waals surface area contributed by atoms with Gasteiger partial charge in [-0.2, -0.15) is 4.98 Å². The van der Waals surface area contributed by atoms with Crippen LogP contribution in [-0.4, -0.2) is 21.6 Å². The molecule has 9 heteroatoms. The second kappa shape index (κ2) is 5.83. The number of aromatic nitrogens is 2. The van der Waals surface area contributed by atoms with Gasteiger partial charge in [0, 0.05) is 19.9 Å². The van der Waals surface area contributed by atoms with Crippen LogP contribution in [0.5, 0.6) is 0 Å². The average molecular weight is 301 g/mol. The molecule has 0 aliphatic heterocycles. The van der Waals surface area contributed by atoms with E-state index in [2.05, 4.69) is 15.5 Å². The first-order chi connectivity index (χ1) is 9.47. The second-order valence-corrected chi connectivity index (χ2v) is 4.35. The monoisotopic (exact) mass is 300 g/mol. The number of nitrogens with zero attached hydrogens (tertiary/aromatic N) is 3. The van der Waals surface area contributed by atoms with Crippen molar-refractivity contribution in [3.05, 3.63) is 44.8 Å². The summed E-state index contributed by atoms with van der Waals surface area (Å²) in [5.41, 5.74) is -0.238. The van der Waals surface area contributed by atoms with Gasteiger partial charge in [0.1, 0.15) is 11.5 Å². The Hall–Kier alpha value is -2.22. The van der Waals surface area contributed by atoms with Crippen molar-refractivity contribution in [2.24, 2.45) is 0 Å². The number of hydrogen-bond acceptors (Lipinski definition) is 6. The van der Waals surface area contributed by atoms with Gasteiger partial charge in [-0.25, -0.2) is 4.39 Å². The van der Waals surface area contributed by atoms with Crippen LogP contribution < -0.4 is 5.32 Å². The molecule has 1 heterocycles. The third kappa shape index (κ3) is 3.21. The number of halogens is 2. The highest BCUT2D eigenvalue weighted by molar-refractivity contribution is 6.31. The first-order valence-electron chi connectivity index (χ1n) is 5.64. The van der Waals surface area contributed by atoms with E-state index in [1.54, 1.807) is 6.92 Å². The molecule has 7 nitrogen and oxygen atoms in total. The minimum absolute atomic E-state index is 0.140. The van der Waals surface area contributed by atoms with Gasteiger partial charge in [-0.1, -0.05) is 16.8 Å². The van der Waals surface area contributed by atoms with Crippen LogP contribution >= 0.6 is 11.6 Å². The van der Waals surface area contributed by atoms with E-state index in [1.165, 1.54) is 6.07 Å². The zero-order valence-electron chi connectivity index (χ0n) is 10.4. The molecule has 0 radical (unpaired) electrons. The molecule has 2 aromatic rings. The van der Waals surface area contributed by atoms with Crippen molar-refractivity contribution < 1.29 is 13.8 Å². The zero-order chi connectivity index (χ0) is 14.7. The average Bonchev–Trinajstić information content (AvgIpc) is 2.79. The molecule has 0 fully saturated rings. The predicted molar refractivity (Wildman–Crippen MR) is 69.3 cm³/mol. The van der Waals surface area contributed by atoms with Crippen LogP contribution in [0.15, 0.2) is 16.7 Å². The lowest BCUT2D eigenvalue weighted by atomic mass is 10.2. The summed E-state index contributed by atoms with van der Waals surface area (Å²) >= 11 is 5.61. The molecule has 0 spiro atoms. The predicted octanol–water partition coefficient (Wildman–Crippen LogP) is 2.73. The summed E-state index contributed by atoms with van der Waals surface area (Å²) < 4.78 is 18.0. The largest absolute Gasteiger partial charge is 0.379 e. The van der Waals surface area contributed by atoms with Gasteiger partial charge in [0.2, 0.25) is 5.89 Å². The number of rotatable bonds is 5. The van der Waals surface area contributed by atoms with Gasteiger partial charge in [-0.05, 0) is 6.07 Å². The molecule has 1 aromatic carbocycles. The molecule has 2 rings (SSSR count). The van der Waals surface area contributed by atoms with Gasteiger partial charge in [-0.15, -0.1) is 0 Å². The molecule has 106 valence electrons. The maximum atomic E-state index is 13.2. The lowest BCUT2D eigenvalue weighted by Crippen LogP contribution is -2.08. The van der Waals surface area contributed by atoms with E-state index in [1.807, 2.05) is 0 Å². The van der Waals surface area contributed by atoms with Crippen LogP contribution in [0.1, 0.15) is 11.7 Å². The number of anilines is 1. The summed E-state index contributed by atoms with van der Waals surface area (Å²) in [6.45, 7) is 1.98. The number of benzene rings is 1. The molecule has 20 heavy (non-hydrogen) atoms. The van der Waals surface area contributed by atoms with Gasteiger partial charge in [0.25, 0.3) is 5.69 Å². The van der Waals surface area contributed by atoms with Crippen molar-refractivity contribution in [2.45, 2.75) is 13.3 Å². The molecule has 0 saturated heterocycles. The zero-order valence-corrected chi connectivity index (χ0v) is 11.1. The van der Waals surface area contributed by atoms with Gasteiger partial charge in [0.15, 0.2) is 5.82 Å². The summed E-state index contributed by atoms with van der Waals surface area (Å²) in [6.07, 6.45) is 0.406. The maximum absolute atomic E-state index is 13.2. The van der Waals surface area contributed by atoms with Crippen LogP contribution in [0.3, 0.4) is 0 Å². The molecule has 0 saturated carbocycles. The number of aryl methyl sites for hydroxylation is 1. The third-order valence-corrected chi connectivity index (χ3v) is 2.76. The maximum Gasteiger partial charge on any atom is 0.295 e. The fraction of sp³-hybridized carbons (Fsp3) is 0.273. The molecule has 0 atom stereocenters. The van der Waals surface area contributed by atoms with Crippen LogP contribution in [-0.2, 0) is 6.42 Å². The van der Waals surface area contributed by atoms with Crippen LogP contribution in [0.4, 0.5) is 15.8 Å². The molecule has 0 aliphatic carbocycles. The Morgan fingerprint density at radius 1 is 1.55 bits per heavy atom. The third-order valence-electron chi connectivity index (χ3n) is 2.47. The minimum Gasteiger partial charge on any atom is -0.379 e. The Morgan fingerprint density at radius 2 is 2.30 bits per heavy atom. The van der Waals surface area contributed by atoms with Crippen LogP contribution in [0.2, 0.25) is 5.02 Å². The lowest BCUT2D eigenvalue weighted by molar-refractivity contribution is -0.384. The number of nitro groups is 1. The van der Waals surface area contributed by atoms with Crippen molar-refractivity contribution in [2.75, 3.05) is 11.9 Å². The highest BCUT2D eigenvalue weighted by atomic mass is 35.5. The van der Waals surface area contributed by atoms with E-state index in [0.29, 0.717) is 24.7 Å². The van der Waals surface area contributed by atoms with E-state index in [-0.39, 0.29) is 16.4 Å². The number of nitrogens with one attached hydrogen (secondary N) is 1. The molecule has 1 N–H and O–H groups in total. The SMILES string of the molecule is Cc1nc(CCNc2cc(Cl)c(F)cc2[N+](=O)[O-])no1. The quantitative estimate of drug-likeness (QED) is 0.674. The van der Waals surface area contributed by atoms with E-state index in [0.717, 1.165) is 6.07 Å². The van der Waals surface area contributed by atoms with Crippen molar-refractivity contribution in [3.8, 4) is 0 Å². The molecular formula is C11H10ClFN4O3. The highest BCUT2D eigenvalue weighted by Crippen LogP contribution is 2.30. The van der Waals surface area contributed by atoms with Crippen molar-refractivity contribution in [1.29, 1.82) is 0 Å². The Morgan fingerprint density at radius 3 is 2.90 bits per heavy atom. The molecular weight excluding hydrogens is 291 g/mol. The fourth-order valence-electron chi connectivity index (χ4n) is 1.58. The topological polar surface area (TPSA) is 94.1 Å². The molecule has 0 unspecified atom stereocenters. The normalized spacial score (nSPS) is 10.6. The summed E-state index contributed by atoms with van der Waals surface area (Å²) in [4.78, 5) is 14.2. The molecule has 0 amide bonds. The van der Waals surface area contributed by atoms with E-state index in [4.69, 9.17) is 16.1 Å². The number of hydrogen-bond donors (Lipinski definition) is 1. The van der Waals surface area contributed by atoms with E-state index >= 15 is 0 Å². The summed E-state index contributed by atoms with van der Waals surface area (Å²) in [7, 11) is 0. The Labute approximate surface area is 117 Å². The van der Waals surface area contributed by atoms with Crippen molar-refractivity contribution in [3.63, 3.8) is 0 Å². The lowest BCUT2D eigenvalue weighted by Gasteiger charge is -2.06. The molecule has 0 bridgehead atoms. The van der Waals surface area contributed by atoms with Crippen LogP contribution in [0.25, 0.3) is 0 Å². The van der Waals surface area contributed by atoms with Gasteiger partial charge < -0.3 is 9.84 Å². The van der Waals surface area contributed by atoms with E-state index < -0.39 is 10.7 Å². The summed E-state index contributed by atoms with van der Waals surface area (Å²) in [5, 5.41) is 17.1.